The Kier molecular flexibility index (Phi) is 6.04. The minimum atomic E-state index is -0.146. The number of allylic oxidation sites excluding steroid dienone is 1. The van der Waals surface area contributed by atoms with E-state index in [2.05, 4.69) is 5.32 Å². The summed E-state index contributed by atoms with van der Waals surface area (Å²) in [6, 6.07) is 18.5. The van der Waals surface area contributed by atoms with Crippen molar-refractivity contribution in [1.29, 1.82) is 0 Å². The zero-order valence-corrected chi connectivity index (χ0v) is 15.8. The van der Waals surface area contributed by atoms with Crippen LogP contribution in [0.25, 0.3) is 6.08 Å². The van der Waals surface area contributed by atoms with E-state index in [-0.39, 0.29) is 11.7 Å². The van der Waals surface area contributed by atoms with E-state index in [1.54, 1.807) is 54.2 Å². The molecule has 0 atom stereocenters. The number of anilines is 1. The second kappa shape index (κ2) is 8.65. The molecular formula is C21H17NO2S2. The molecule has 0 unspecified atom stereocenters. The van der Waals surface area contributed by atoms with Gasteiger partial charge in [0, 0.05) is 16.1 Å². The molecule has 0 saturated carbocycles. The lowest BCUT2D eigenvalue weighted by atomic mass is 10.1. The SMILES string of the molecule is CSc1ccc(C=CC(=O)c2ccc(NC(=O)c3cccs3)cc2)cc1. The van der Waals surface area contributed by atoms with Crippen LogP contribution in [0.2, 0.25) is 0 Å². The lowest BCUT2D eigenvalue weighted by molar-refractivity contribution is 0.102. The second-order valence-corrected chi connectivity index (χ2v) is 7.31. The van der Waals surface area contributed by atoms with E-state index >= 15 is 0 Å². The van der Waals surface area contributed by atoms with Crippen LogP contribution in [-0.4, -0.2) is 17.9 Å². The maximum atomic E-state index is 12.3. The van der Waals surface area contributed by atoms with Crippen molar-refractivity contribution in [2.45, 2.75) is 4.90 Å². The Labute approximate surface area is 160 Å². The molecule has 5 heteroatoms. The van der Waals surface area contributed by atoms with Gasteiger partial charge in [-0.15, -0.1) is 23.1 Å². The summed E-state index contributed by atoms with van der Waals surface area (Å²) in [5.41, 5.74) is 2.23. The lowest BCUT2D eigenvalue weighted by Crippen LogP contribution is -2.10. The molecule has 1 heterocycles. The first kappa shape index (κ1) is 18.2. The van der Waals surface area contributed by atoms with Gasteiger partial charge < -0.3 is 5.32 Å². The molecule has 0 aliphatic carbocycles. The van der Waals surface area contributed by atoms with Crippen molar-refractivity contribution < 1.29 is 9.59 Å². The van der Waals surface area contributed by atoms with Gasteiger partial charge in [-0.1, -0.05) is 24.3 Å². The van der Waals surface area contributed by atoms with Gasteiger partial charge in [-0.05, 0) is 65.7 Å². The molecule has 0 aliphatic rings. The first-order chi connectivity index (χ1) is 12.7. The van der Waals surface area contributed by atoms with Crippen molar-refractivity contribution in [3.63, 3.8) is 0 Å². The number of amides is 1. The minimum Gasteiger partial charge on any atom is -0.321 e. The second-order valence-electron chi connectivity index (χ2n) is 5.48. The topological polar surface area (TPSA) is 46.2 Å². The highest BCUT2D eigenvalue weighted by Crippen LogP contribution is 2.17. The summed E-state index contributed by atoms with van der Waals surface area (Å²) in [6.07, 6.45) is 5.40. The quantitative estimate of drug-likeness (QED) is 0.343. The predicted octanol–water partition coefficient (Wildman–Crippen LogP) is 5.62. The lowest BCUT2D eigenvalue weighted by Gasteiger charge is -2.04. The molecule has 1 N–H and O–H groups in total. The number of carbonyl (C=O) groups excluding carboxylic acids is 2. The molecule has 0 bridgehead atoms. The predicted molar refractivity (Wildman–Crippen MR) is 110 cm³/mol. The molecule has 1 aromatic heterocycles. The van der Waals surface area contributed by atoms with Crippen LogP contribution in [0, 0.1) is 0 Å². The van der Waals surface area contributed by atoms with Crippen LogP contribution in [0.1, 0.15) is 25.6 Å². The molecule has 0 aliphatic heterocycles. The van der Waals surface area contributed by atoms with Crippen molar-refractivity contribution in [1.82, 2.24) is 0 Å². The van der Waals surface area contributed by atoms with Gasteiger partial charge in [-0.25, -0.2) is 0 Å². The van der Waals surface area contributed by atoms with E-state index in [4.69, 9.17) is 0 Å². The van der Waals surface area contributed by atoms with Gasteiger partial charge in [0.1, 0.15) is 0 Å². The summed E-state index contributed by atoms with van der Waals surface area (Å²) in [6.45, 7) is 0. The highest BCUT2D eigenvalue weighted by atomic mass is 32.2. The fourth-order valence-corrected chi connectivity index (χ4v) is 3.33. The largest absolute Gasteiger partial charge is 0.321 e. The fraction of sp³-hybridized carbons (Fsp3) is 0.0476. The maximum absolute atomic E-state index is 12.3. The van der Waals surface area contributed by atoms with Crippen LogP contribution in [0.4, 0.5) is 5.69 Å². The third-order valence-electron chi connectivity index (χ3n) is 3.72. The van der Waals surface area contributed by atoms with Crippen LogP contribution < -0.4 is 5.32 Å². The van der Waals surface area contributed by atoms with E-state index in [1.807, 2.05) is 42.0 Å². The Morgan fingerprint density at radius 3 is 2.35 bits per heavy atom. The van der Waals surface area contributed by atoms with E-state index in [0.29, 0.717) is 16.1 Å². The first-order valence-electron chi connectivity index (χ1n) is 7.97. The van der Waals surface area contributed by atoms with Crippen molar-refractivity contribution in [3.8, 4) is 0 Å². The number of ketones is 1. The molecule has 2 aromatic carbocycles. The number of benzene rings is 2. The third kappa shape index (κ3) is 4.71. The van der Waals surface area contributed by atoms with Crippen LogP contribution in [0.3, 0.4) is 0 Å². The molecule has 0 spiro atoms. The standard InChI is InChI=1S/C21H17NO2S2/c1-25-18-11-4-15(5-12-18)6-13-19(23)16-7-9-17(10-8-16)22-21(24)20-3-2-14-26-20/h2-14H,1H3,(H,22,24). The van der Waals surface area contributed by atoms with E-state index < -0.39 is 0 Å². The maximum Gasteiger partial charge on any atom is 0.265 e. The minimum absolute atomic E-state index is 0.0740. The Hall–Kier alpha value is -2.63. The molecule has 26 heavy (non-hydrogen) atoms. The number of thiophene rings is 1. The van der Waals surface area contributed by atoms with Crippen LogP contribution in [0.5, 0.6) is 0 Å². The molecule has 0 fully saturated rings. The normalized spacial score (nSPS) is 10.8. The zero-order valence-electron chi connectivity index (χ0n) is 14.1. The van der Waals surface area contributed by atoms with E-state index in [0.717, 1.165) is 5.56 Å². The highest BCUT2D eigenvalue weighted by Gasteiger charge is 2.07. The monoisotopic (exact) mass is 379 g/mol. The third-order valence-corrected chi connectivity index (χ3v) is 5.33. The van der Waals surface area contributed by atoms with Gasteiger partial charge >= 0.3 is 0 Å². The molecular weight excluding hydrogens is 362 g/mol. The van der Waals surface area contributed by atoms with Gasteiger partial charge in [-0.3, -0.25) is 9.59 Å². The smallest absolute Gasteiger partial charge is 0.265 e. The first-order valence-corrected chi connectivity index (χ1v) is 10.1. The Morgan fingerprint density at radius 1 is 1.00 bits per heavy atom. The van der Waals surface area contributed by atoms with Crippen LogP contribution in [-0.2, 0) is 0 Å². The number of carbonyl (C=O) groups is 2. The van der Waals surface area contributed by atoms with Gasteiger partial charge in [0.25, 0.3) is 5.91 Å². The van der Waals surface area contributed by atoms with Crippen molar-refractivity contribution in [3.05, 3.63) is 88.1 Å². The van der Waals surface area contributed by atoms with Gasteiger partial charge in [0.05, 0.1) is 4.88 Å². The molecule has 3 rings (SSSR count). The van der Waals surface area contributed by atoms with Gasteiger partial charge in [0.15, 0.2) is 5.78 Å². The number of rotatable bonds is 6. The zero-order chi connectivity index (χ0) is 18.4. The summed E-state index contributed by atoms with van der Waals surface area (Å²) in [4.78, 5) is 26.1. The summed E-state index contributed by atoms with van der Waals surface area (Å²) in [7, 11) is 0. The summed E-state index contributed by atoms with van der Waals surface area (Å²) < 4.78 is 0. The molecule has 3 nitrogen and oxygen atoms in total. The van der Waals surface area contributed by atoms with E-state index in [1.165, 1.54) is 16.2 Å². The number of hydrogen-bond acceptors (Lipinski definition) is 4. The highest BCUT2D eigenvalue weighted by molar-refractivity contribution is 7.98. The average Bonchev–Trinajstić information content (AvgIpc) is 3.22. The number of hydrogen-bond donors (Lipinski definition) is 1. The molecule has 130 valence electrons. The fourth-order valence-electron chi connectivity index (χ4n) is 2.30. The Balaban J connectivity index is 1.62. The van der Waals surface area contributed by atoms with Gasteiger partial charge in [0.2, 0.25) is 0 Å². The van der Waals surface area contributed by atoms with Crippen molar-refractivity contribution in [2.75, 3.05) is 11.6 Å². The van der Waals surface area contributed by atoms with Crippen LogP contribution in [0.15, 0.2) is 77.0 Å². The summed E-state index contributed by atoms with van der Waals surface area (Å²) in [5, 5.41) is 4.68. The average molecular weight is 380 g/mol. The van der Waals surface area contributed by atoms with Gasteiger partial charge in [-0.2, -0.15) is 0 Å². The van der Waals surface area contributed by atoms with Crippen LogP contribution >= 0.6 is 23.1 Å². The van der Waals surface area contributed by atoms with Crippen molar-refractivity contribution in [2.24, 2.45) is 0 Å². The van der Waals surface area contributed by atoms with E-state index in [9.17, 15) is 9.59 Å². The number of thioether (sulfide) groups is 1. The summed E-state index contributed by atoms with van der Waals surface area (Å²) >= 11 is 3.07. The molecule has 0 radical (unpaired) electrons. The molecule has 3 aromatic rings. The Morgan fingerprint density at radius 2 is 1.73 bits per heavy atom. The molecule has 0 saturated heterocycles. The summed E-state index contributed by atoms with van der Waals surface area (Å²) in [5.74, 6) is -0.220. The number of nitrogens with one attached hydrogen (secondary N) is 1. The molecule has 1 amide bonds. The van der Waals surface area contributed by atoms with Crippen molar-refractivity contribution >= 4 is 46.6 Å². The Bertz CT molecular complexity index is 912.